The lowest BCUT2D eigenvalue weighted by atomic mass is 9.86. The van der Waals surface area contributed by atoms with Crippen molar-refractivity contribution in [2.45, 2.75) is 26.2 Å². The molecule has 3 nitrogen and oxygen atoms in total. The molecule has 1 aromatic rings. The number of carbonyl (C=O) groups is 1. The van der Waals surface area contributed by atoms with Gasteiger partial charge in [0.25, 0.3) is 0 Å². The minimum atomic E-state index is 0.212. The Hall–Kier alpha value is -0.390. The number of aromatic nitrogens is 2. The Bertz CT molecular complexity index is 345. The molecule has 0 aliphatic heterocycles. The van der Waals surface area contributed by atoms with Crippen LogP contribution in [0.25, 0.3) is 0 Å². The number of carbonyl (C=O) groups excluding carboxylic acids is 1. The predicted molar refractivity (Wildman–Crippen MR) is 57.5 cm³/mol. The summed E-state index contributed by atoms with van der Waals surface area (Å²) in [4.78, 5) is 11.2. The van der Waals surface area contributed by atoms with Crippen LogP contribution in [0.5, 0.6) is 0 Å². The van der Waals surface area contributed by atoms with Crippen LogP contribution in [0.4, 0.5) is 0 Å². The first-order valence-corrected chi connectivity index (χ1v) is 5.48. The number of Topliss-reactive ketones (excluding diaryl/α,β-unsaturated/α-hetero) is 1. The molecule has 2 rings (SSSR count). The van der Waals surface area contributed by atoms with Crippen LogP contribution < -0.4 is 0 Å². The van der Waals surface area contributed by atoms with E-state index in [1.54, 1.807) is 6.92 Å². The number of nitrogens with one attached hydrogen (secondary N) is 1. The Morgan fingerprint density at radius 3 is 3.15 bits per heavy atom. The molecule has 1 aliphatic carbocycles. The number of halogens is 1. The van der Waals surface area contributed by atoms with E-state index in [1.165, 1.54) is 5.56 Å². The third-order valence-corrected chi connectivity index (χ3v) is 3.56. The summed E-state index contributed by atoms with van der Waals surface area (Å²) >= 11 is 2.24. The Balaban J connectivity index is 2.25. The first-order chi connectivity index (χ1) is 6.18. The number of nitrogens with zero attached hydrogens (tertiary/aromatic N) is 1. The molecule has 1 atom stereocenters. The monoisotopic (exact) mass is 290 g/mol. The summed E-state index contributed by atoms with van der Waals surface area (Å²) in [5.74, 6) is 0.513. The predicted octanol–water partition coefficient (Wildman–Crippen LogP) is 1.71. The van der Waals surface area contributed by atoms with Crippen LogP contribution in [-0.4, -0.2) is 16.0 Å². The van der Waals surface area contributed by atoms with Gasteiger partial charge in [0.2, 0.25) is 0 Å². The van der Waals surface area contributed by atoms with Gasteiger partial charge in [0, 0.05) is 17.2 Å². The van der Waals surface area contributed by atoms with Crippen molar-refractivity contribution in [2.24, 2.45) is 5.92 Å². The fraction of sp³-hybridized carbons (Fsp3) is 0.556. The Morgan fingerprint density at radius 1 is 1.69 bits per heavy atom. The molecule has 13 heavy (non-hydrogen) atoms. The topological polar surface area (TPSA) is 45.8 Å². The number of ketones is 1. The summed E-state index contributed by atoms with van der Waals surface area (Å²) in [5.41, 5.74) is 2.48. The molecule has 0 saturated carbocycles. The lowest BCUT2D eigenvalue weighted by Gasteiger charge is -2.18. The molecule has 0 bridgehead atoms. The van der Waals surface area contributed by atoms with Crippen molar-refractivity contribution in [1.29, 1.82) is 0 Å². The zero-order chi connectivity index (χ0) is 9.42. The van der Waals surface area contributed by atoms with E-state index >= 15 is 0 Å². The fourth-order valence-electron chi connectivity index (χ4n) is 1.81. The molecule has 0 aromatic carbocycles. The quantitative estimate of drug-likeness (QED) is 0.800. The maximum Gasteiger partial charge on any atom is 0.133 e. The third-order valence-electron chi connectivity index (χ3n) is 2.67. The molecule has 0 amide bonds. The summed E-state index contributed by atoms with van der Waals surface area (Å²) < 4.78 is 1.06. The normalized spacial score (nSPS) is 21.2. The van der Waals surface area contributed by atoms with Crippen molar-refractivity contribution < 1.29 is 4.79 Å². The third kappa shape index (κ3) is 1.63. The van der Waals surface area contributed by atoms with Gasteiger partial charge in [-0.15, -0.1) is 0 Å². The van der Waals surface area contributed by atoms with E-state index in [2.05, 4.69) is 32.8 Å². The van der Waals surface area contributed by atoms with E-state index in [9.17, 15) is 4.79 Å². The van der Waals surface area contributed by atoms with Crippen LogP contribution in [0.1, 0.15) is 24.6 Å². The Labute approximate surface area is 90.4 Å². The van der Waals surface area contributed by atoms with Gasteiger partial charge < -0.3 is 0 Å². The molecule has 1 heterocycles. The number of fused-ring (bicyclic) bond motifs is 1. The van der Waals surface area contributed by atoms with Crippen LogP contribution in [0.15, 0.2) is 0 Å². The summed E-state index contributed by atoms with van der Waals surface area (Å²) in [7, 11) is 0. The van der Waals surface area contributed by atoms with Crippen LogP contribution in [0, 0.1) is 9.62 Å². The van der Waals surface area contributed by atoms with Crippen LogP contribution in [-0.2, 0) is 17.6 Å². The Kier molecular flexibility index (Phi) is 2.40. The second-order valence-electron chi connectivity index (χ2n) is 3.52. The van der Waals surface area contributed by atoms with Gasteiger partial charge in [0.1, 0.15) is 9.48 Å². The maximum absolute atomic E-state index is 11.2. The minimum Gasteiger partial charge on any atom is -0.300 e. The smallest absolute Gasteiger partial charge is 0.133 e. The number of aromatic amines is 1. The van der Waals surface area contributed by atoms with Gasteiger partial charge in [-0.3, -0.25) is 9.89 Å². The van der Waals surface area contributed by atoms with Crippen molar-refractivity contribution in [2.75, 3.05) is 0 Å². The standard InChI is InChI=1S/C9H11IN2O/c1-5(13)6-2-3-7-8(4-6)11-12-9(7)10/h6H,2-4H2,1H3,(H,11,12)/t6-/m1/s1. The van der Waals surface area contributed by atoms with Crippen molar-refractivity contribution in [3.8, 4) is 0 Å². The maximum atomic E-state index is 11.2. The largest absolute Gasteiger partial charge is 0.300 e. The van der Waals surface area contributed by atoms with Gasteiger partial charge in [-0.05, 0) is 48.8 Å². The number of hydrogen-bond acceptors (Lipinski definition) is 2. The average Bonchev–Trinajstić information content (AvgIpc) is 2.47. The van der Waals surface area contributed by atoms with Crippen LogP contribution in [0.2, 0.25) is 0 Å². The van der Waals surface area contributed by atoms with Crippen molar-refractivity contribution >= 4 is 28.4 Å². The lowest BCUT2D eigenvalue weighted by Crippen LogP contribution is -2.20. The van der Waals surface area contributed by atoms with Crippen molar-refractivity contribution in [3.05, 3.63) is 15.0 Å². The minimum absolute atomic E-state index is 0.212. The number of hydrogen-bond donors (Lipinski definition) is 1. The van der Waals surface area contributed by atoms with E-state index in [0.717, 1.165) is 28.7 Å². The van der Waals surface area contributed by atoms with Crippen LogP contribution in [0.3, 0.4) is 0 Å². The molecule has 0 fully saturated rings. The summed E-state index contributed by atoms with van der Waals surface area (Å²) in [6.07, 6.45) is 2.83. The molecule has 1 aromatic heterocycles. The van der Waals surface area contributed by atoms with E-state index < -0.39 is 0 Å². The highest BCUT2D eigenvalue weighted by molar-refractivity contribution is 14.1. The van der Waals surface area contributed by atoms with Gasteiger partial charge in [-0.1, -0.05) is 0 Å². The molecule has 1 N–H and O–H groups in total. The van der Waals surface area contributed by atoms with Gasteiger partial charge in [-0.2, -0.15) is 5.10 Å². The number of rotatable bonds is 1. The van der Waals surface area contributed by atoms with Crippen molar-refractivity contribution in [1.82, 2.24) is 10.2 Å². The lowest BCUT2D eigenvalue weighted by molar-refractivity contribution is -0.121. The van der Waals surface area contributed by atoms with Crippen LogP contribution >= 0.6 is 22.6 Å². The number of H-pyrrole nitrogens is 1. The molecule has 4 heteroatoms. The molecule has 0 saturated heterocycles. The Morgan fingerprint density at radius 2 is 2.46 bits per heavy atom. The molecule has 0 radical (unpaired) electrons. The first-order valence-electron chi connectivity index (χ1n) is 4.40. The highest BCUT2D eigenvalue weighted by Gasteiger charge is 2.24. The van der Waals surface area contributed by atoms with Gasteiger partial charge in [0.05, 0.1) is 0 Å². The highest BCUT2D eigenvalue weighted by Crippen LogP contribution is 2.27. The summed E-state index contributed by atoms with van der Waals surface area (Å²) in [5, 5.41) is 7.14. The average molecular weight is 290 g/mol. The van der Waals surface area contributed by atoms with E-state index in [-0.39, 0.29) is 5.92 Å². The molecular weight excluding hydrogens is 279 g/mol. The van der Waals surface area contributed by atoms with E-state index in [0.29, 0.717) is 5.78 Å². The highest BCUT2D eigenvalue weighted by atomic mass is 127. The molecule has 70 valence electrons. The molecular formula is C9H11IN2O. The fourth-order valence-corrected chi connectivity index (χ4v) is 2.53. The molecule has 0 unspecified atom stereocenters. The second-order valence-corrected chi connectivity index (χ2v) is 4.54. The van der Waals surface area contributed by atoms with Gasteiger partial charge in [-0.25, -0.2) is 0 Å². The first kappa shape index (κ1) is 9.18. The second kappa shape index (κ2) is 3.40. The summed E-state index contributed by atoms with van der Waals surface area (Å²) in [6, 6.07) is 0. The molecule has 1 aliphatic rings. The summed E-state index contributed by atoms with van der Waals surface area (Å²) in [6.45, 7) is 1.68. The zero-order valence-electron chi connectivity index (χ0n) is 7.43. The van der Waals surface area contributed by atoms with E-state index in [1.807, 2.05) is 0 Å². The van der Waals surface area contributed by atoms with Crippen molar-refractivity contribution in [3.63, 3.8) is 0 Å². The zero-order valence-corrected chi connectivity index (χ0v) is 9.59. The van der Waals surface area contributed by atoms with Gasteiger partial charge in [0.15, 0.2) is 0 Å². The van der Waals surface area contributed by atoms with E-state index in [4.69, 9.17) is 0 Å². The SMILES string of the molecule is CC(=O)[C@@H]1CCc2c(I)n[nH]c2C1. The van der Waals surface area contributed by atoms with Gasteiger partial charge >= 0.3 is 0 Å². The molecule has 0 spiro atoms.